The van der Waals surface area contributed by atoms with E-state index in [2.05, 4.69) is 32.5 Å². The Morgan fingerprint density at radius 2 is 2.04 bits per heavy atom. The topological polar surface area (TPSA) is 87.1 Å². The average molecular weight is 546 g/mol. The Morgan fingerprint density at radius 3 is 2.57 bits per heavy atom. The second kappa shape index (κ2) is 12.3. The molecule has 0 radical (unpaired) electrons. The summed E-state index contributed by atoms with van der Waals surface area (Å²) in [5.41, 5.74) is 1.00. The minimum atomic E-state index is -3.28. The maximum Gasteiger partial charge on any atom is 0.216 e. The van der Waals surface area contributed by atoms with Crippen molar-refractivity contribution in [3.63, 3.8) is 0 Å². The first-order chi connectivity index (χ1) is 12.9. The van der Waals surface area contributed by atoms with Crippen LogP contribution < -0.4 is 5.32 Å². The Labute approximate surface area is 189 Å². The number of sulfonamides is 1. The van der Waals surface area contributed by atoms with Crippen LogP contribution in [0.2, 0.25) is 0 Å². The molecule has 1 aromatic heterocycles. The van der Waals surface area contributed by atoms with Crippen molar-refractivity contribution < 1.29 is 13.2 Å². The fourth-order valence-electron chi connectivity index (χ4n) is 2.79. The number of aliphatic imine (C=N–C) groups is 1. The van der Waals surface area contributed by atoms with E-state index >= 15 is 0 Å². The third-order valence-corrected chi connectivity index (χ3v) is 7.14. The van der Waals surface area contributed by atoms with Gasteiger partial charge in [-0.1, -0.05) is 6.92 Å². The minimum absolute atomic E-state index is 0. The molecular weight excluding hydrogens is 513 g/mol. The van der Waals surface area contributed by atoms with Crippen molar-refractivity contribution in [2.24, 2.45) is 4.99 Å². The highest BCUT2D eigenvalue weighted by molar-refractivity contribution is 14.0. The Kier molecular flexibility index (Phi) is 11.2. The van der Waals surface area contributed by atoms with Crippen LogP contribution in [0.3, 0.4) is 0 Å². The third-order valence-electron chi connectivity index (χ3n) is 4.27. The summed E-state index contributed by atoms with van der Waals surface area (Å²) in [5, 5.41) is 6.51. The lowest BCUT2D eigenvalue weighted by atomic mass is 10.4. The first-order valence-electron chi connectivity index (χ1n) is 9.34. The van der Waals surface area contributed by atoms with Crippen LogP contribution in [0.5, 0.6) is 0 Å². The number of ether oxygens (including phenoxy) is 1. The van der Waals surface area contributed by atoms with Crippen LogP contribution in [-0.4, -0.2) is 80.3 Å². The Bertz CT molecular complexity index is 716. The van der Waals surface area contributed by atoms with Crippen molar-refractivity contribution in [2.75, 3.05) is 45.6 Å². The van der Waals surface area contributed by atoms with Crippen molar-refractivity contribution in [2.45, 2.75) is 39.8 Å². The molecule has 1 N–H and O–H groups in total. The largest absolute Gasteiger partial charge is 0.378 e. The highest BCUT2D eigenvalue weighted by atomic mass is 127. The van der Waals surface area contributed by atoms with Crippen molar-refractivity contribution in [3.8, 4) is 0 Å². The molecule has 1 fully saturated rings. The lowest BCUT2D eigenvalue weighted by molar-refractivity contribution is 0.0904. The number of nitrogens with zero attached hydrogens (tertiary/aromatic N) is 4. The van der Waals surface area contributed by atoms with Gasteiger partial charge in [0.2, 0.25) is 10.0 Å². The molecule has 2 rings (SSSR count). The summed E-state index contributed by atoms with van der Waals surface area (Å²) in [6, 6.07) is 0. The molecule has 1 aromatic rings. The molecule has 0 unspecified atom stereocenters. The smallest absolute Gasteiger partial charge is 0.216 e. The van der Waals surface area contributed by atoms with E-state index in [1.807, 2.05) is 13.8 Å². The normalized spacial score (nSPS) is 16.3. The van der Waals surface area contributed by atoms with Crippen molar-refractivity contribution in [1.29, 1.82) is 0 Å². The molecule has 11 heteroatoms. The Balaban J connectivity index is 0.00000392. The summed E-state index contributed by atoms with van der Waals surface area (Å²) < 4.78 is 31.8. The van der Waals surface area contributed by atoms with Gasteiger partial charge in [-0.3, -0.25) is 4.99 Å². The fourth-order valence-corrected chi connectivity index (χ4v) is 4.82. The van der Waals surface area contributed by atoms with Gasteiger partial charge in [0.05, 0.1) is 35.7 Å². The van der Waals surface area contributed by atoms with E-state index in [1.165, 1.54) is 0 Å². The molecule has 2 heterocycles. The summed E-state index contributed by atoms with van der Waals surface area (Å²) in [6.07, 6.45) is 0.982. The van der Waals surface area contributed by atoms with Gasteiger partial charge in [0.25, 0.3) is 0 Å². The third kappa shape index (κ3) is 7.73. The summed E-state index contributed by atoms with van der Waals surface area (Å²) in [5.74, 6) is 0.808. The van der Waals surface area contributed by atoms with Gasteiger partial charge in [0.15, 0.2) is 5.96 Å². The first kappa shape index (κ1) is 25.5. The molecule has 1 saturated heterocycles. The second-order valence-corrected chi connectivity index (χ2v) is 9.64. The van der Waals surface area contributed by atoms with E-state index in [-0.39, 0.29) is 42.4 Å². The van der Waals surface area contributed by atoms with E-state index in [9.17, 15) is 8.42 Å². The van der Waals surface area contributed by atoms with Crippen LogP contribution in [0, 0.1) is 0 Å². The maximum atomic E-state index is 12.4. The number of nitrogens with one attached hydrogen (secondary N) is 1. The zero-order valence-electron chi connectivity index (χ0n) is 17.0. The molecule has 8 nitrogen and oxygen atoms in total. The van der Waals surface area contributed by atoms with Gasteiger partial charge >= 0.3 is 0 Å². The molecule has 162 valence electrons. The van der Waals surface area contributed by atoms with E-state index in [0.29, 0.717) is 32.7 Å². The van der Waals surface area contributed by atoms with Crippen LogP contribution in [0.25, 0.3) is 0 Å². The van der Waals surface area contributed by atoms with Crippen LogP contribution >= 0.6 is 35.3 Å². The van der Waals surface area contributed by atoms with E-state index < -0.39 is 10.0 Å². The second-order valence-electron chi connectivity index (χ2n) is 6.61. The maximum absolute atomic E-state index is 12.4. The zero-order chi connectivity index (χ0) is 19.9. The summed E-state index contributed by atoms with van der Waals surface area (Å²) >= 11 is 1.67. The highest BCUT2D eigenvalue weighted by Crippen LogP contribution is 2.11. The average Bonchev–Trinajstić information content (AvgIpc) is 3.10. The lowest BCUT2D eigenvalue weighted by Crippen LogP contribution is -2.54. The van der Waals surface area contributed by atoms with Gasteiger partial charge in [-0.05, 0) is 20.3 Å². The SMILES string of the molecule is CCc1nc(CNC(=NC)N2CCN(S(=O)(=O)CCOC(C)C)CC2)cs1.I. The number of hydrogen-bond acceptors (Lipinski definition) is 6. The van der Waals surface area contributed by atoms with E-state index in [0.717, 1.165) is 23.1 Å². The molecule has 0 aliphatic carbocycles. The van der Waals surface area contributed by atoms with Gasteiger partial charge in [-0.25, -0.2) is 13.4 Å². The zero-order valence-corrected chi connectivity index (χ0v) is 21.0. The van der Waals surface area contributed by atoms with Crippen molar-refractivity contribution in [1.82, 2.24) is 19.5 Å². The summed E-state index contributed by atoms with van der Waals surface area (Å²) in [6.45, 7) is 8.89. The van der Waals surface area contributed by atoms with Gasteiger partial charge in [0.1, 0.15) is 0 Å². The summed E-state index contributed by atoms with van der Waals surface area (Å²) in [4.78, 5) is 11.0. The Hall–Kier alpha value is -0.500. The minimum Gasteiger partial charge on any atom is -0.378 e. The van der Waals surface area contributed by atoms with Crippen LogP contribution in [-0.2, 0) is 27.7 Å². The quantitative estimate of drug-likeness (QED) is 0.305. The molecule has 0 atom stereocenters. The van der Waals surface area contributed by atoms with E-state index in [4.69, 9.17) is 4.74 Å². The number of aryl methyl sites for hydroxylation is 1. The molecular formula is C17H32IN5O3S2. The van der Waals surface area contributed by atoms with E-state index in [1.54, 1.807) is 22.7 Å². The number of thiazole rings is 1. The molecule has 28 heavy (non-hydrogen) atoms. The predicted octanol–water partition coefficient (Wildman–Crippen LogP) is 1.77. The molecule has 0 bridgehead atoms. The molecule has 0 spiro atoms. The number of hydrogen-bond donors (Lipinski definition) is 1. The lowest BCUT2D eigenvalue weighted by Gasteiger charge is -2.35. The molecule has 0 aromatic carbocycles. The number of piperazine rings is 1. The van der Waals surface area contributed by atoms with Gasteiger partial charge < -0.3 is 15.0 Å². The highest BCUT2D eigenvalue weighted by Gasteiger charge is 2.28. The number of rotatable bonds is 8. The molecule has 1 aliphatic heterocycles. The standard InChI is InChI=1S/C17H31N5O3S2.HI/c1-5-16-20-15(13-26-16)12-19-17(18-4)21-6-8-22(9-7-21)27(23,24)11-10-25-14(2)3;/h13-14H,5-12H2,1-4H3,(H,18,19);1H. The number of halogens is 1. The number of aromatic nitrogens is 1. The summed E-state index contributed by atoms with van der Waals surface area (Å²) in [7, 11) is -1.53. The molecule has 1 aliphatic rings. The van der Waals surface area contributed by atoms with Crippen molar-refractivity contribution >= 4 is 51.3 Å². The van der Waals surface area contributed by atoms with Gasteiger partial charge in [-0.15, -0.1) is 35.3 Å². The number of guanidine groups is 1. The van der Waals surface area contributed by atoms with Crippen LogP contribution in [0.4, 0.5) is 0 Å². The Morgan fingerprint density at radius 1 is 1.36 bits per heavy atom. The van der Waals surface area contributed by atoms with Gasteiger partial charge in [-0.2, -0.15) is 4.31 Å². The molecule has 0 saturated carbocycles. The van der Waals surface area contributed by atoms with Crippen molar-refractivity contribution in [3.05, 3.63) is 16.1 Å². The predicted molar refractivity (Wildman–Crippen MR) is 125 cm³/mol. The van der Waals surface area contributed by atoms with Crippen LogP contribution in [0.1, 0.15) is 31.5 Å². The van der Waals surface area contributed by atoms with Gasteiger partial charge in [0, 0.05) is 38.6 Å². The fraction of sp³-hybridized carbons (Fsp3) is 0.765. The molecule has 0 amide bonds. The monoisotopic (exact) mass is 545 g/mol. The van der Waals surface area contributed by atoms with Crippen LogP contribution in [0.15, 0.2) is 10.4 Å². The first-order valence-corrected chi connectivity index (χ1v) is 11.8.